The van der Waals surface area contributed by atoms with Crippen molar-refractivity contribution in [1.82, 2.24) is 9.55 Å². The van der Waals surface area contributed by atoms with Crippen molar-refractivity contribution >= 4 is 5.95 Å². The van der Waals surface area contributed by atoms with Crippen LogP contribution in [0.1, 0.15) is 5.69 Å². The Balaban J connectivity index is 2.49. The first-order valence-electron chi connectivity index (χ1n) is 4.66. The number of aryl methyl sites for hydroxylation is 1. The Morgan fingerprint density at radius 2 is 2.20 bits per heavy atom. The molecular weight excluding hydrogens is 190 g/mol. The van der Waals surface area contributed by atoms with Crippen LogP contribution in [-0.2, 0) is 0 Å². The van der Waals surface area contributed by atoms with E-state index < -0.39 is 0 Å². The van der Waals surface area contributed by atoms with Crippen LogP contribution in [-0.4, -0.2) is 16.7 Å². The molecule has 0 aliphatic heterocycles. The minimum atomic E-state index is 0.487. The monoisotopic (exact) mass is 203 g/mol. The first kappa shape index (κ1) is 9.58. The number of nitrogens with zero attached hydrogens (tertiary/aromatic N) is 2. The summed E-state index contributed by atoms with van der Waals surface area (Å²) >= 11 is 0. The van der Waals surface area contributed by atoms with Gasteiger partial charge in [0.25, 0.3) is 0 Å². The van der Waals surface area contributed by atoms with E-state index in [1.54, 1.807) is 7.11 Å². The number of benzene rings is 1. The smallest absolute Gasteiger partial charge is 0.205 e. The molecule has 0 radical (unpaired) electrons. The molecule has 4 heteroatoms. The third kappa shape index (κ3) is 1.79. The van der Waals surface area contributed by atoms with E-state index in [1.807, 2.05) is 42.0 Å². The molecule has 1 heterocycles. The molecule has 0 amide bonds. The summed E-state index contributed by atoms with van der Waals surface area (Å²) in [5.41, 5.74) is 7.63. The molecule has 78 valence electrons. The van der Waals surface area contributed by atoms with Gasteiger partial charge in [0.05, 0.1) is 18.5 Å². The fourth-order valence-corrected chi connectivity index (χ4v) is 1.48. The Hall–Kier alpha value is -1.97. The van der Waals surface area contributed by atoms with Crippen LogP contribution in [0.5, 0.6) is 5.75 Å². The van der Waals surface area contributed by atoms with Crippen molar-refractivity contribution in [2.45, 2.75) is 6.92 Å². The number of aromatic nitrogens is 2. The fourth-order valence-electron chi connectivity index (χ4n) is 1.48. The molecule has 4 nitrogen and oxygen atoms in total. The maximum Gasteiger partial charge on any atom is 0.205 e. The zero-order valence-corrected chi connectivity index (χ0v) is 8.77. The second-order valence-corrected chi connectivity index (χ2v) is 3.31. The van der Waals surface area contributed by atoms with Crippen LogP contribution in [0, 0.1) is 6.92 Å². The molecule has 0 fully saturated rings. The van der Waals surface area contributed by atoms with Gasteiger partial charge in [-0.05, 0) is 19.1 Å². The lowest BCUT2D eigenvalue weighted by Gasteiger charge is -2.06. The summed E-state index contributed by atoms with van der Waals surface area (Å²) in [5.74, 6) is 1.29. The van der Waals surface area contributed by atoms with E-state index in [0.717, 1.165) is 17.1 Å². The lowest BCUT2D eigenvalue weighted by Crippen LogP contribution is -1.99. The normalized spacial score (nSPS) is 10.3. The highest BCUT2D eigenvalue weighted by Gasteiger charge is 2.04. The summed E-state index contributed by atoms with van der Waals surface area (Å²) < 4.78 is 6.98. The molecule has 0 saturated carbocycles. The summed E-state index contributed by atoms with van der Waals surface area (Å²) in [5, 5.41) is 0. The van der Waals surface area contributed by atoms with E-state index in [0.29, 0.717) is 5.95 Å². The molecule has 0 aliphatic rings. The van der Waals surface area contributed by atoms with Gasteiger partial charge in [0.1, 0.15) is 5.75 Å². The van der Waals surface area contributed by atoms with Gasteiger partial charge in [-0.1, -0.05) is 6.07 Å². The van der Waals surface area contributed by atoms with E-state index in [9.17, 15) is 0 Å². The molecular formula is C11H13N3O. The molecule has 0 atom stereocenters. The molecule has 15 heavy (non-hydrogen) atoms. The molecule has 2 aromatic rings. The third-order valence-electron chi connectivity index (χ3n) is 2.19. The van der Waals surface area contributed by atoms with Crippen molar-refractivity contribution in [3.8, 4) is 11.4 Å². The summed E-state index contributed by atoms with van der Waals surface area (Å²) in [6.07, 6.45) is 1.89. The van der Waals surface area contributed by atoms with Crippen LogP contribution in [0.3, 0.4) is 0 Å². The Labute approximate surface area is 88.3 Å². The van der Waals surface area contributed by atoms with Gasteiger partial charge in [-0.2, -0.15) is 0 Å². The molecule has 2 rings (SSSR count). The number of nitrogens with two attached hydrogens (primary N) is 1. The fraction of sp³-hybridized carbons (Fsp3) is 0.182. The summed E-state index contributed by atoms with van der Waals surface area (Å²) in [4.78, 5) is 4.14. The average Bonchev–Trinajstić information content (AvgIpc) is 2.58. The number of hydrogen-bond acceptors (Lipinski definition) is 3. The van der Waals surface area contributed by atoms with Crippen LogP contribution in [0.2, 0.25) is 0 Å². The largest absolute Gasteiger partial charge is 0.497 e. The second kappa shape index (κ2) is 3.65. The van der Waals surface area contributed by atoms with Gasteiger partial charge >= 0.3 is 0 Å². The first-order valence-corrected chi connectivity index (χ1v) is 4.66. The zero-order chi connectivity index (χ0) is 10.8. The zero-order valence-electron chi connectivity index (χ0n) is 8.77. The maximum absolute atomic E-state index is 5.78. The molecule has 0 unspecified atom stereocenters. The highest BCUT2D eigenvalue weighted by molar-refractivity contribution is 5.44. The van der Waals surface area contributed by atoms with Crippen molar-refractivity contribution in [3.63, 3.8) is 0 Å². The molecule has 1 aromatic carbocycles. The van der Waals surface area contributed by atoms with Gasteiger partial charge in [-0.3, -0.25) is 4.57 Å². The van der Waals surface area contributed by atoms with Crippen LogP contribution in [0.15, 0.2) is 30.5 Å². The van der Waals surface area contributed by atoms with Gasteiger partial charge < -0.3 is 10.5 Å². The number of rotatable bonds is 2. The van der Waals surface area contributed by atoms with Crippen molar-refractivity contribution in [2.75, 3.05) is 12.8 Å². The number of anilines is 1. The average molecular weight is 203 g/mol. The molecule has 0 bridgehead atoms. The minimum Gasteiger partial charge on any atom is -0.497 e. The van der Waals surface area contributed by atoms with E-state index >= 15 is 0 Å². The predicted octanol–water partition coefficient (Wildman–Crippen LogP) is 1.77. The number of methoxy groups -OCH3 is 1. The van der Waals surface area contributed by atoms with E-state index in [2.05, 4.69) is 4.98 Å². The lowest BCUT2D eigenvalue weighted by atomic mass is 10.3. The third-order valence-corrected chi connectivity index (χ3v) is 2.19. The Bertz CT molecular complexity index is 476. The molecule has 0 aliphatic carbocycles. The number of imidazole rings is 1. The van der Waals surface area contributed by atoms with Crippen LogP contribution in [0.4, 0.5) is 5.95 Å². The lowest BCUT2D eigenvalue weighted by molar-refractivity contribution is 0.414. The Morgan fingerprint density at radius 1 is 1.40 bits per heavy atom. The van der Waals surface area contributed by atoms with Crippen molar-refractivity contribution in [2.24, 2.45) is 0 Å². The van der Waals surface area contributed by atoms with Crippen LogP contribution in [0.25, 0.3) is 5.69 Å². The molecule has 0 spiro atoms. The van der Waals surface area contributed by atoms with Gasteiger partial charge in [0, 0.05) is 12.3 Å². The van der Waals surface area contributed by atoms with Gasteiger partial charge in [-0.15, -0.1) is 0 Å². The van der Waals surface area contributed by atoms with Gasteiger partial charge in [0.15, 0.2) is 0 Å². The van der Waals surface area contributed by atoms with E-state index in [4.69, 9.17) is 10.5 Å². The van der Waals surface area contributed by atoms with Crippen molar-refractivity contribution in [1.29, 1.82) is 0 Å². The second-order valence-electron chi connectivity index (χ2n) is 3.31. The standard InChI is InChI=1S/C11H13N3O/c1-8-7-14(11(12)13-8)9-4-3-5-10(6-9)15-2/h3-7H,1-2H3,(H2,12,13). The summed E-state index contributed by atoms with van der Waals surface area (Å²) in [7, 11) is 1.64. The van der Waals surface area contributed by atoms with Crippen molar-refractivity contribution in [3.05, 3.63) is 36.2 Å². The van der Waals surface area contributed by atoms with Crippen LogP contribution < -0.4 is 10.5 Å². The highest BCUT2D eigenvalue weighted by Crippen LogP contribution is 2.19. The molecule has 1 aromatic heterocycles. The Morgan fingerprint density at radius 3 is 2.80 bits per heavy atom. The molecule has 0 saturated heterocycles. The minimum absolute atomic E-state index is 0.487. The maximum atomic E-state index is 5.78. The van der Waals surface area contributed by atoms with Crippen LogP contribution >= 0.6 is 0 Å². The number of hydrogen-bond donors (Lipinski definition) is 1. The topological polar surface area (TPSA) is 53.1 Å². The van der Waals surface area contributed by atoms with Gasteiger partial charge in [0.2, 0.25) is 5.95 Å². The van der Waals surface area contributed by atoms with Gasteiger partial charge in [-0.25, -0.2) is 4.98 Å². The number of ether oxygens (including phenoxy) is 1. The number of nitrogen functional groups attached to an aromatic ring is 1. The summed E-state index contributed by atoms with van der Waals surface area (Å²) in [6.45, 7) is 1.91. The Kier molecular flexibility index (Phi) is 2.33. The van der Waals surface area contributed by atoms with E-state index in [1.165, 1.54) is 0 Å². The first-order chi connectivity index (χ1) is 7.20. The predicted molar refractivity (Wildman–Crippen MR) is 59.3 cm³/mol. The highest BCUT2D eigenvalue weighted by atomic mass is 16.5. The quantitative estimate of drug-likeness (QED) is 0.809. The van der Waals surface area contributed by atoms with E-state index in [-0.39, 0.29) is 0 Å². The summed E-state index contributed by atoms with van der Waals surface area (Å²) in [6, 6.07) is 7.68. The van der Waals surface area contributed by atoms with Crippen molar-refractivity contribution < 1.29 is 4.74 Å². The molecule has 2 N–H and O–H groups in total. The SMILES string of the molecule is COc1cccc(-n2cc(C)nc2N)c1.